The van der Waals surface area contributed by atoms with Gasteiger partial charge in [0.15, 0.2) is 16.6 Å². The fourth-order valence-electron chi connectivity index (χ4n) is 4.02. The van der Waals surface area contributed by atoms with Crippen LogP contribution in [0.15, 0.2) is 48.5 Å². The van der Waals surface area contributed by atoms with Crippen molar-refractivity contribution in [3.05, 3.63) is 48.5 Å². The zero-order chi connectivity index (χ0) is 20.3. The maximum absolute atomic E-state index is 12.4. The average molecular weight is 424 g/mol. The number of ether oxygens (including phenoxy) is 2. The summed E-state index contributed by atoms with van der Waals surface area (Å²) in [6, 6.07) is 15.9. The molecular weight excluding hydrogens is 398 g/mol. The van der Waals surface area contributed by atoms with E-state index in [1.165, 1.54) is 4.70 Å². The Morgan fingerprint density at radius 1 is 1.10 bits per heavy atom. The van der Waals surface area contributed by atoms with E-state index >= 15 is 0 Å². The second-order valence-corrected chi connectivity index (χ2v) is 8.91. The molecule has 30 heavy (non-hydrogen) atoms. The number of hydrogen-bond acceptors (Lipinski definition) is 6. The Labute approximate surface area is 179 Å². The van der Waals surface area contributed by atoms with Gasteiger partial charge in [-0.3, -0.25) is 4.79 Å². The molecule has 5 rings (SSSR count). The first kappa shape index (κ1) is 19.2. The topological polar surface area (TPSA) is 63.7 Å². The zero-order valence-corrected chi connectivity index (χ0v) is 17.6. The number of amides is 1. The van der Waals surface area contributed by atoms with Crippen molar-refractivity contribution in [2.45, 2.75) is 25.4 Å². The van der Waals surface area contributed by atoms with Gasteiger partial charge in [0, 0.05) is 19.6 Å². The maximum atomic E-state index is 12.4. The number of thiazole rings is 1. The lowest BCUT2D eigenvalue weighted by Crippen LogP contribution is -2.40. The van der Waals surface area contributed by atoms with E-state index in [2.05, 4.69) is 28.4 Å². The molecule has 3 aromatic rings. The van der Waals surface area contributed by atoms with Gasteiger partial charge in [-0.15, -0.1) is 0 Å². The lowest BCUT2D eigenvalue weighted by molar-refractivity contribution is -0.123. The number of piperidine rings is 1. The Morgan fingerprint density at radius 3 is 2.70 bits per heavy atom. The monoisotopic (exact) mass is 423 g/mol. The van der Waals surface area contributed by atoms with Crippen LogP contribution < -0.4 is 19.7 Å². The van der Waals surface area contributed by atoms with Gasteiger partial charge in [-0.1, -0.05) is 35.6 Å². The lowest BCUT2D eigenvalue weighted by atomic mass is 9.97. The summed E-state index contributed by atoms with van der Waals surface area (Å²) in [7, 11) is 0. The Bertz CT molecular complexity index is 996. The molecule has 0 radical (unpaired) electrons. The fourth-order valence-corrected chi connectivity index (χ4v) is 5.04. The minimum absolute atomic E-state index is 0.0246. The first-order valence-corrected chi connectivity index (χ1v) is 11.3. The average Bonchev–Trinajstić information content (AvgIpc) is 3.22. The quantitative estimate of drug-likeness (QED) is 0.675. The second-order valence-electron chi connectivity index (χ2n) is 7.90. The SMILES string of the molecule is O=C(CC1COc2ccccc2O1)NCC1CCN(c2nc3ccccc3s2)CC1. The standard InChI is InChI=1S/C23H25N3O3S/c27-22(13-17-15-28-19-6-2-3-7-20(19)29-17)24-14-16-9-11-26(12-10-16)23-25-18-5-1-4-8-21(18)30-23/h1-8,16-17H,9-15H2,(H,24,27). The van der Waals surface area contributed by atoms with Crippen molar-refractivity contribution in [2.24, 2.45) is 5.92 Å². The minimum atomic E-state index is -0.235. The van der Waals surface area contributed by atoms with E-state index in [4.69, 9.17) is 14.5 Å². The fraction of sp³-hybridized carbons (Fsp3) is 0.391. The Kier molecular flexibility index (Phi) is 5.45. The van der Waals surface area contributed by atoms with Crippen molar-refractivity contribution in [1.82, 2.24) is 10.3 Å². The Hall–Kier alpha value is -2.80. The number of nitrogens with one attached hydrogen (secondary N) is 1. The third-order valence-electron chi connectivity index (χ3n) is 5.74. The number of carbonyl (C=O) groups excluding carboxylic acids is 1. The number of carbonyl (C=O) groups is 1. The van der Waals surface area contributed by atoms with Crippen molar-refractivity contribution in [2.75, 3.05) is 31.1 Å². The molecule has 1 N–H and O–H groups in total. The van der Waals surface area contributed by atoms with Gasteiger partial charge in [0.05, 0.1) is 16.6 Å². The summed E-state index contributed by atoms with van der Waals surface area (Å²) in [6.07, 6.45) is 2.21. The highest BCUT2D eigenvalue weighted by molar-refractivity contribution is 7.22. The Morgan fingerprint density at radius 2 is 1.87 bits per heavy atom. The van der Waals surface area contributed by atoms with Gasteiger partial charge < -0.3 is 19.7 Å². The molecule has 1 aromatic heterocycles. The van der Waals surface area contributed by atoms with Gasteiger partial charge in [0.1, 0.15) is 12.7 Å². The number of para-hydroxylation sites is 3. The van der Waals surface area contributed by atoms with Crippen LogP contribution in [0.1, 0.15) is 19.3 Å². The summed E-state index contributed by atoms with van der Waals surface area (Å²) in [6.45, 7) is 3.09. The van der Waals surface area contributed by atoms with Crippen LogP contribution in [0.2, 0.25) is 0 Å². The molecule has 0 aliphatic carbocycles. The number of aromatic nitrogens is 1. The highest BCUT2D eigenvalue weighted by Crippen LogP contribution is 2.32. The number of rotatable bonds is 5. The summed E-state index contributed by atoms with van der Waals surface area (Å²) >= 11 is 1.76. The largest absolute Gasteiger partial charge is 0.486 e. The van der Waals surface area contributed by atoms with Crippen LogP contribution in [-0.2, 0) is 4.79 Å². The zero-order valence-electron chi connectivity index (χ0n) is 16.8. The summed E-state index contributed by atoms with van der Waals surface area (Å²) in [5, 5.41) is 4.20. The van der Waals surface area contributed by atoms with Crippen molar-refractivity contribution < 1.29 is 14.3 Å². The molecule has 6 nitrogen and oxygen atoms in total. The third kappa shape index (κ3) is 4.21. The third-order valence-corrected chi connectivity index (χ3v) is 6.83. The predicted octanol–water partition coefficient (Wildman–Crippen LogP) is 3.86. The highest BCUT2D eigenvalue weighted by Gasteiger charge is 2.25. The molecule has 3 heterocycles. The number of hydrogen-bond donors (Lipinski definition) is 1. The molecule has 2 aliphatic heterocycles. The molecule has 7 heteroatoms. The molecule has 1 unspecified atom stereocenters. The molecule has 2 aromatic carbocycles. The van der Waals surface area contributed by atoms with Gasteiger partial charge in [0.25, 0.3) is 0 Å². The van der Waals surface area contributed by atoms with Crippen LogP contribution in [0, 0.1) is 5.92 Å². The lowest BCUT2D eigenvalue weighted by Gasteiger charge is -2.32. The molecule has 1 saturated heterocycles. The molecule has 0 bridgehead atoms. The van der Waals surface area contributed by atoms with Crippen LogP contribution in [0.5, 0.6) is 11.5 Å². The Balaban J connectivity index is 1.07. The van der Waals surface area contributed by atoms with E-state index in [9.17, 15) is 4.79 Å². The molecule has 0 spiro atoms. The molecule has 1 amide bonds. The van der Waals surface area contributed by atoms with Crippen LogP contribution in [-0.4, -0.2) is 43.2 Å². The van der Waals surface area contributed by atoms with Crippen LogP contribution in [0.4, 0.5) is 5.13 Å². The van der Waals surface area contributed by atoms with Crippen molar-refractivity contribution in [3.63, 3.8) is 0 Å². The first-order valence-electron chi connectivity index (χ1n) is 10.5. The second kappa shape index (κ2) is 8.52. The summed E-state index contributed by atoms with van der Waals surface area (Å²) in [4.78, 5) is 19.5. The smallest absolute Gasteiger partial charge is 0.223 e. The van der Waals surface area contributed by atoms with E-state index < -0.39 is 0 Å². The normalized spacial score (nSPS) is 19.1. The van der Waals surface area contributed by atoms with E-state index in [-0.39, 0.29) is 12.0 Å². The van der Waals surface area contributed by atoms with Crippen molar-refractivity contribution >= 4 is 32.6 Å². The number of benzene rings is 2. The van der Waals surface area contributed by atoms with Gasteiger partial charge in [0.2, 0.25) is 5.91 Å². The summed E-state index contributed by atoms with van der Waals surface area (Å²) in [5.74, 6) is 1.98. The number of fused-ring (bicyclic) bond motifs is 2. The van der Waals surface area contributed by atoms with E-state index in [0.29, 0.717) is 24.7 Å². The van der Waals surface area contributed by atoms with Crippen molar-refractivity contribution in [3.8, 4) is 11.5 Å². The van der Waals surface area contributed by atoms with Gasteiger partial charge in [-0.05, 0) is 43.0 Å². The first-order chi connectivity index (χ1) is 14.7. The molecular formula is C23H25N3O3S. The summed E-state index contributed by atoms with van der Waals surface area (Å²) in [5.41, 5.74) is 1.07. The van der Waals surface area contributed by atoms with E-state index in [0.717, 1.165) is 48.9 Å². The van der Waals surface area contributed by atoms with Gasteiger partial charge >= 0.3 is 0 Å². The van der Waals surface area contributed by atoms with Gasteiger partial charge in [-0.25, -0.2) is 4.98 Å². The van der Waals surface area contributed by atoms with E-state index in [1.54, 1.807) is 11.3 Å². The molecule has 1 atom stereocenters. The minimum Gasteiger partial charge on any atom is -0.486 e. The van der Waals surface area contributed by atoms with Crippen molar-refractivity contribution in [1.29, 1.82) is 0 Å². The maximum Gasteiger partial charge on any atom is 0.223 e. The number of anilines is 1. The number of nitrogens with zero attached hydrogens (tertiary/aromatic N) is 2. The van der Waals surface area contributed by atoms with E-state index in [1.807, 2.05) is 30.3 Å². The molecule has 1 fully saturated rings. The molecule has 2 aliphatic rings. The van der Waals surface area contributed by atoms with Crippen LogP contribution >= 0.6 is 11.3 Å². The van der Waals surface area contributed by atoms with Gasteiger partial charge in [-0.2, -0.15) is 0 Å². The summed E-state index contributed by atoms with van der Waals surface area (Å²) < 4.78 is 12.8. The molecule has 0 saturated carbocycles. The molecule has 156 valence electrons. The predicted molar refractivity (Wildman–Crippen MR) is 119 cm³/mol. The van der Waals surface area contributed by atoms with Crippen LogP contribution in [0.25, 0.3) is 10.2 Å². The highest BCUT2D eigenvalue weighted by atomic mass is 32.1. The van der Waals surface area contributed by atoms with Crippen LogP contribution in [0.3, 0.4) is 0 Å².